The predicted octanol–water partition coefficient (Wildman–Crippen LogP) is -1.08. The smallest absolute Gasteiger partial charge is 0.320 e. The van der Waals surface area contributed by atoms with Crippen molar-refractivity contribution >= 4 is 16.9 Å². The lowest BCUT2D eigenvalue weighted by atomic mass is 10.1. The van der Waals surface area contributed by atoms with E-state index in [1.165, 1.54) is 0 Å². The summed E-state index contributed by atoms with van der Waals surface area (Å²) in [6.45, 7) is 3.89. The van der Waals surface area contributed by atoms with E-state index < -0.39 is 22.9 Å². The van der Waals surface area contributed by atoms with Crippen molar-refractivity contribution in [3.63, 3.8) is 0 Å². The third-order valence-electron chi connectivity index (χ3n) is 1.04. The lowest BCUT2D eigenvalue weighted by molar-refractivity contribution is -0.138. The van der Waals surface area contributed by atoms with Crippen LogP contribution >= 0.6 is 0 Å². The fraction of sp³-hybridized carbons (Fsp3) is 0.833. The predicted molar refractivity (Wildman–Crippen MR) is 49.6 cm³/mol. The van der Waals surface area contributed by atoms with Gasteiger partial charge < -0.3 is 10.8 Å². The second-order valence-electron chi connectivity index (χ2n) is 2.86. The summed E-state index contributed by atoms with van der Waals surface area (Å²) in [7, 11) is -2.62. The first kappa shape index (κ1) is 14.8. The molecule has 0 heterocycles. The molecule has 0 radical (unpaired) electrons. The SMILES string of the molecule is CC(C)CC(N)C(=O)O.N[SH](=O)=O. The van der Waals surface area contributed by atoms with E-state index in [1.807, 2.05) is 13.8 Å². The van der Waals surface area contributed by atoms with Crippen molar-refractivity contribution in [2.24, 2.45) is 16.8 Å². The van der Waals surface area contributed by atoms with Crippen LogP contribution in [0.15, 0.2) is 0 Å². The van der Waals surface area contributed by atoms with E-state index in [4.69, 9.17) is 19.3 Å². The lowest BCUT2D eigenvalue weighted by Crippen LogP contribution is -2.31. The van der Waals surface area contributed by atoms with Crippen LogP contribution in [-0.4, -0.2) is 25.5 Å². The van der Waals surface area contributed by atoms with Crippen LogP contribution in [-0.2, 0) is 15.7 Å². The Labute approximate surface area is 79.0 Å². The van der Waals surface area contributed by atoms with Crippen molar-refractivity contribution in [3.8, 4) is 0 Å². The molecule has 80 valence electrons. The average Bonchev–Trinajstić information content (AvgIpc) is 1.83. The normalized spacial score (nSPS) is 12.2. The molecule has 7 heteroatoms. The molecule has 0 aliphatic carbocycles. The zero-order valence-corrected chi connectivity index (χ0v) is 8.53. The average molecular weight is 212 g/mol. The standard InChI is InChI=1S/C6H13NO2.H3NO2S/c1-4(2)3-5(7)6(8)9;1-4(2)3/h4-5H,3,7H2,1-2H3,(H,8,9);4H,(H2,1,2,3). The molecule has 0 spiro atoms. The molecular weight excluding hydrogens is 196 g/mol. The van der Waals surface area contributed by atoms with Gasteiger partial charge in [-0.15, -0.1) is 0 Å². The molecular formula is C6H16N2O4S. The van der Waals surface area contributed by atoms with Gasteiger partial charge in [0.05, 0.1) is 0 Å². The van der Waals surface area contributed by atoms with Gasteiger partial charge in [-0.2, -0.15) is 0 Å². The molecule has 0 saturated heterocycles. The Morgan fingerprint density at radius 3 is 1.85 bits per heavy atom. The molecule has 13 heavy (non-hydrogen) atoms. The summed E-state index contributed by atoms with van der Waals surface area (Å²) in [5.41, 5.74) is 5.22. The van der Waals surface area contributed by atoms with Crippen molar-refractivity contribution in [3.05, 3.63) is 0 Å². The Balaban J connectivity index is 0. The minimum Gasteiger partial charge on any atom is -0.480 e. The van der Waals surface area contributed by atoms with Crippen LogP contribution in [0.4, 0.5) is 0 Å². The van der Waals surface area contributed by atoms with E-state index >= 15 is 0 Å². The summed E-state index contributed by atoms with van der Waals surface area (Å²) < 4.78 is 17.6. The summed E-state index contributed by atoms with van der Waals surface area (Å²) >= 11 is 0. The van der Waals surface area contributed by atoms with Gasteiger partial charge >= 0.3 is 5.97 Å². The third kappa shape index (κ3) is 18.4. The maximum absolute atomic E-state index is 10.1. The van der Waals surface area contributed by atoms with Crippen molar-refractivity contribution in [1.29, 1.82) is 0 Å². The second kappa shape index (κ2) is 7.96. The molecule has 1 unspecified atom stereocenters. The van der Waals surface area contributed by atoms with Gasteiger partial charge in [0, 0.05) is 0 Å². The molecule has 0 aromatic heterocycles. The van der Waals surface area contributed by atoms with Gasteiger partial charge in [0.2, 0.25) is 0 Å². The Morgan fingerprint density at radius 1 is 1.46 bits per heavy atom. The second-order valence-corrected chi connectivity index (χ2v) is 3.43. The maximum atomic E-state index is 10.1. The molecule has 5 N–H and O–H groups in total. The molecule has 0 fully saturated rings. The monoisotopic (exact) mass is 212 g/mol. The largest absolute Gasteiger partial charge is 0.480 e. The van der Waals surface area contributed by atoms with E-state index in [0.717, 1.165) is 0 Å². The van der Waals surface area contributed by atoms with E-state index in [1.54, 1.807) is 0 Å². The minimum atomic E-state index is -2.62. The number of aliphatic carboxylic acids is 1. The van der Waals surface area contributed by atoms with Crippen molar-refractivity contribution < 1.29 is 18.3 Å². The number of thiol groups is 1. The highest BCUT2D eigenvalue weighted by Crippen LogP contribution is 2.01. The van der Waals surface area contributed by atoms with E-state index in [2.05, 4.69) is 5.14 Å². The van der Waals surface area contributed by atoms with E-state index in [9.17, 15) is 4.79 Å². The van der Waals surface area contributed by atoms with Crippen LogP contribution in [0.3, 0.4) is 0 Å². The van der Waals surface area contributed by atoms with Gasteiger partial charge in [0.25, 0.3) is 0 Å². The zero-order valence-electron chi connectivity index (χ0n) is 7.64. The molecule has 0 aliphatic heterocycles. The summed E-state index contributed by atoms with van der Waals surface area (Å²) in [4.78, 5) is 10.1. The molecule has 0 rings (SSSR count). The lowest BCUT2D eigenvalue weighted by Gasteiger charge is -2.07. The Hall–Kier alpha value is -0.660. The van der Waals surface area contributed by atoms with Crippen molar-refractivity contribution in [1.82, 2.24) is 0 Å². The summed E-state index contributed by atoms with van der Waals surface area (Å²) in [6, 6.07) is -0.690. The van der Waals surface area contributed by atoms with Gasteiger partial charge in [-0.3, -0.25) is 4.79 Å². The highest BCUT2D eigenvalue weighted by atomic mass is 32.2. The number of hydrogen-bond donors (Lipinski definition) is 4. The molecule has 1 atom stereocenters. The fourth-order valence-corrected chi connectivity index (χ4v) is 0.609. The van der Waals surface area contributed by atoms with Gasteiger partial charge in [0.15, 0.2) is 10.9 Å². The van der Waals surface area contributed by atoms with Gasteiger partial charge in [-0.05, 0) is 12.3 Å². The summed E-state index contributed by atoms with van der Waals surface area (Å²) in [6.07, 6.45) is 0.551. The van der Waals surface area contributed by atoms with Crippen LogP contribution in [0.25, 0.3) is 0 Å². The molecule has 0 bridgehead atoms. The number of hydrogen-bond acceptors (Lipinski definition) is 4. The van der Waals surface area contributed by atoms with Crippen LogP contribution in [0.5, 0.6) is 0 Å². The molecule has 6 nitrogen and oxygen atoms in total. The first-order chi connectivity index (χ1) is 5.77. The number of nitrogens with two attached hydrogens (primary N) is 2. The number of carboxylic acids is 1. The van der Waals surface area contributed by atoms with Gasteiger partial charge in [-0.1, -0.05) is 13.8 Å². The van der Waals surface area contributed by atoms with Crippen LogP contribution in [0.2, 0.25) is 0 Å². The Kier molecular flexibility index (Phi) is 9.09. The molecule has 0 aromatic carbocycles. The number of carbonyl (C=O) groups is 1. The van der Waals surface area contributed by atoms with Crippen molar-refractivity contribution in [2.75, 3.05) is 0 Å². The third-order valence-corrected chi connectivity index (χ3v) is 1.04. The van der Waals surface area contributed by atoms with Crippen molar-refractivity contribution in [2.45, 2.75) is 26.3 Å². The quantitative estimate of drug-likeness (QED) is 0.443. The van der Waals surface area contributed by atoms with Crippen LogP contribution < -0.4 is 10.9 Å². The van der Waals surface area contributed by atoms with E-state index in [0.29, 0.717) is 12.3 Å². The fourth-order valence-electron chi connectivity index (χ4n) is 0.609. The van der Waals surface area contributed by atoms with Crippen LogP contribution in [0, 0.1) is 5.92 Å². The minimum absolute atomic E-state index is 0.357. The highest BCUT2D eigenvalue weighted by Gasteiger charge is 2.11. The first-order valence-corrected chi connectivity index (χ1v) is 4.89. The molecule has 0 aromatic rings. The summed E-state index contributed by atoms with van der Waals surface area (Å²) in [5.74, 6) is -0.556. The Morgan fingerprint density at radius 2 is 1.77 bits per heavy atom. The zero-order chi connectivity index (χ0) is 11.0. The van der Waals surface area contributed by atoms with E-state index in [-0.39, 0.29) is 0 Å². The maximum Gasteiger partial charge on any atom is 0.320 e. The molecule has 0 amide bonds. The number of carboxylic acid groups (broad SMARTS) is 1. The topological polar surface area (TPSA) is 123 Å². The number of rotatable bonds is 3. The summed E-state index contributed by atoms with van der Waals surface area (Å²) in [5, 5.41) is 12.4. The molecule has 0 saturated carbocycles. The first-order valence-electron chi connectivity index (χ1n) is 3.64. The highest BCUT2D eigenvalue weighted by molar-refractivity contribution is 7.69. The molecule has 0 aliphatic rings. The Bertz CT molecular complexity index is 207. The van der Waals surface area contributed by atoms with Crippen LogP contribution in [0.1, 0.15) is 20.3 Å². The van der Waals surface area contributed by atoms with Gasteiger partial charge in [0.1, 0.15) is 6.04 Å². The van der Waals surface area contributed by atoms with Gasteiger partial charge in [-0.25, -0.2) is 13.6 Å².